The lowest BCUT2D eigenvalue weighted by atomic mass is 9.99. The van der Waals surface area contributed by atoms with Crippen LogP contribution in [0, 0.1) is 12.8 Å². The zero-order valence-corrected chi connectivity index (χ0v) is 22.8. The number of ether oxygens (including phenoxy) is 4. The van der Waals surface area contributed by atoms with Gasteiger partial charge in [0.25, 0.3) is 0 Å². The van der Waals surface area contributed by atoms with E-state index in [1.807, 2.05) is 37.3 Å². The highest BCUT2D eigenvalue weighted by Crippen LogP contribution is 2.31. The van der Waals surface area contributed by atoms with Gasteiger partial charge in [-0.3, -0.25) is 0 Å². The Kier molecular flexibility index (Phi) is 11.1. The van der Waals surface area contributed by atoms with E-state index in [9.17, 15) is 14.7 Å². The van der Waals surface area contributed by atoms with Crippen LogP contribution in [0.3, 0.4) is 0 Å². The van der Waals surface area contributed by atoms with E-state index in [2.05, 4.69) is 6.58 Å². The number of carbonyl (C=O) groups excluding carboxylic acids is 2. The Hall–Kier alpha value is -3.49. The molecule has 8 heteroatoms. The zero-order valence-electron chi connectivity index (χ0n) is 22.0. The fourth-order valence-electron chi connectivity index (χ4n) is 3.50. The number of methoxy groups -OCH3 is 1. The maximum absolute atomic E-state index is 12.7. The number of hydrogen-bond donors (Lipinski definition) is 1. The summed E-state index contributed by atoms with van der Waals surface area (Å²) in [6.45, 7) is 7.53. The Labute approximate surface area is 228 Å². The van der Waals surface area contributed by atoms with Gasteiger partial charge in [-0.1, -0.05) is 30.4 Å². The van der Waals surface area contributed by atoms with Crippen molar-refractivity contribution >= 4 is 23.7 Å². The molecular formula is C30H34O7S. The van der Waals surface area contributed by atoms with Crippen LogP contribution in [0.15, 0.2) is 83.5 Å². The quantitative estimate of drug-likeness (QED) is 0.109. The maximum atomic E-state index is 12.7. The number of aliphatic hydroxyl groups is 1. The summed E-state index contributed by atoms with van der Waals surface area (Å²) in [5.41, 5.74) is 1.88. The molecule has 1 aliphatic carbocycles. The van der Waals surface area contributed by atoms with Crippen molar-refractivity contribution in [2.24, 2.45) is 5.92 Å². The first-order valence-electron chi connectivity index (χ1n) is 12.4. The molecule has 0 radical (unpaired) electrons. The van der Waals surface area contributed by atoms with Crippen LogP contribution in [-0.4, -0.2) is 42.8 Å². The minimum Gasteiger partial charge on any atom is -0.496 e. The van der Waals surface area contributed by atoms with Crippen molar-refractivity contribution in [2.45, 2.75) is 44.3 Å². The number of benzene rings is 2. The summed E-state index contributed by atoms with van der Waals surface area (Å²) < 4.78 is 21.7. The number of esters is 2. The molecule has 2 atom stereocenters. The molecule has 0 spiro atoms. The van der Waals surface area contributed by atoms with Crippen molar-refractivity contribution in [3.63, 3.8) is 0 Å². The lowest BCUT2D eigenvalue weighted by Gasteiger charge is -2.22. The predicted octanol–water partition coefficient (Wildman–Crippen LogP) is 6.01. The number of carbonyl (C=O) groups is 2. The van der Waals surface area contributed by atoms with Gasteiger partial charge in [0.15, 0.2) is 0 Å². The molecule has 0 aromatic heterocycles. The molecule has 0 fully saturated rings. The van der Waals surface area contributed by atoms with Gasteiger partial charge in [-0.15, -0.1) is 11.8 Å². The van der Waals surface area contributed by atoms with Crippen LogP contribution in [0.5, 0.6) is 11.5 Å². The molecule has 1 aliphatic rings. The lowest BCUT2D eigenvalue weighted by molar-refractivity contribution is -0.139. The van der Waals surface area contributed by atoms with E-state index in [-0.39, 0.29) is 11.9 Å². The number of unbranched alkanes of at least 4 members (excludes halogenated alkanes) is 1. The molecule has 0 heterocycles. The van der Waals surface area contributed by atoms with Crippen molar-refractivity contribution in [3.8, 4) is 11.5 Å². The Morgan fingerprint density at radius 1 is 1.16 bits per heavy atom. The SMILES string of the molecule is C=C(C)C(=O)OCCCCSc1ccc(C(=O)OC2=CCC(C(O)Oc3ccc(C)cc3)C=C2)cc1OC. The Bertz CT molecular complexity index is 1180. The van der Waals surface area contributed by atoms with E-state index in [0.717, 1.165) is 29.1 Å². The van der Waals surface area contributed by atoms with Gasteiger partial charge in [0.2, 0.25) is 6.29 Å². The molecule has 0 saturated carbocycles. The van der Waals surface area contributed by atoms with Gasteiger partial charge < -0.3 is 24.1 Å². The molecule has 3 rings (SSSR count). The normalized spacial score (nSPS) is 15.3. The summed E-state index contributed by atoms with van der Waals surface area (Å²) in [7, 11) is 1.56. The first kappa shape index (κ1) is 29.1. The van der Waals surface area contributed by atoms with Crippen molar-refractivity contribution in [3.05, 3.63) is 89.7 Å². The maximum Gasteiger partial charge on any atom is 0.343 e. The summed E-state index contributed by atoms with van der Waals surface area (Å²) in [5.74, 6) is 1.28. The van der Waals surface area contributed by atoms with Crippen LogP contribution in [0.1, 0.15) is 42.1 Å². The van der Waals surface area contributed by atoms with E-state index in [1.54, 1.807) is 56.2 Å². The van der Waals surface area contributed by atoms with Crippen molar-refractivity contribution in [2.75, 3.05) is 19.5 Å². The molecule has 0 saturated heterocycles. The molecule has 0 amide bonds. The average molecular weight is 539 g/mol. The highest BCUT2D eigenvalue weighted by atomic mass is 32.2. The zero-order chi connectivity index (χ0) is 27.5. The van der Waals surface area contributed by atoms with E-state index in [0.29, 0.717) is 41.4 Å². The van der Waals surface area contributed by atoms with Gasteiger partial charge in [-0.05, 0) is 81.3 Å². The van der Waals surface area contributed by atoms with Crippen LogP contribution in [0.4, 0.5) is 0 Å². The minimum atomic E-state index is -1.01. The third kappa shape index (κ3) is 8.82. The van der Waals surface area contributed by atoms with Gasteiger partial charge in [-0.25, -0.2) is 9.59 Å². The van der Waals surface area contributed by atoms with Crippen molar-refractivity contribution < 1.29 is 33.6 Å². The molecule has 38 heavy (non-hydrogen) atoms. The smallest absolute Gasteiger partial charge is 0.343 e. The van der Waals surface area contributed by atoms with Gasteiger partial charge in [0, 0.05) is 16.4 Å². The molecule has 7 nitrogen and oxygen atoms in total. The number of thioether (sulfide) groups is 1. The molecule has 2 aromatic rings. The average Bonchev–Trinajstić information content (AvgIpc) is 2.92. The summed E-state index contributed by atoms with van der Waals surface area (Å²) in [4.78, 5) is 25.0. The second kappa shape index (κ2) is 14.4. The van der Waals surface area contributed by atoms with Crippen molar-refractivity contribution in [1.82, 2.24) is 0 Å². The Morgan fingerprint density at radius 2 is 1.92 bits per heavy atom. The minimum absolute atomic E-state index is 0.256. The first-order valence-corrected chi connectivity index (χ1v) is 13.4. The molecule has 2 unspecified atom stereocenters. The summed E-state index contributed by atoms with van der Waals surface area (Å²) in [6.07, 6.45) is 6.27. The molecule has 2 aromatic carbocycles. The van der Waals surface area contributed by atoms with Gasteiger partial charge in [0.1, 0.15) is 17.3 Å². The standard InChI is InChI=1S/C30H34O7S/c1-20(2)28(31)35-17-5-6-18-38-27-16-11-23(19-26(27)34-4)30(33)37-25-14-9-22(10-15-25)29(32)36-24-12-7-21(3)8-13-24/h7-9,11-16,19,22,29,32H,1,5-6,10,17-18H2,2-4H3. The van der Waals surface area contributed by atoms with Crippen LogP contribution in [0.25, 0.3) is 0 Å². The monoisotopic (exact) mass is 538 g/mol. The van der Waals surface area contributed by atoms with Crippen LogP contribution >= 0.6 is 11.8 Å². The van der Waals surface area contributed by atoms with E-state index >= 15 is 0 Å². The number of rotatable bonds is 13. The topological polar surface area (TPSA) is 91.3 Å². The molecule has 1 N–H and O–H groups in total. The van der Waals surface area contributed by atoms with Gasteiger partial charge in [-0.2, -0.15) is 0 Å². The lowest BCUT2D eigenvalue weighted by Crippen LogP contribution is -2.26. The Morgan fingerprint density at radius 3 is 2.58 bits per heavy atom. The second-order valence-corrected chi connectivity index (χ2v) is 10.1. The van der Waals surface area contributed by atoms with Crippen molar-refractivity contribution in [1.29, 1.82) is 0 Å². The predicted molar refractivity (Wildman–Crippen MR) is 147 cm³/mol. The fraction of sp³-hybridized carbons (Fsp3) is 0.333. The molecule has 0 bridgehead atoms. The third-order valence-corrected chi connectivity index (χ3v) is 6.87. The summed E-state index contributed by atoms with van der Waals surface area (Å²) in [6, 6.07) is 12.7. The molecule has 202 valence electrons. The van der Waals surface area contributed by atoms with Gasteiger partial charge >= 0.3 is 11.9 Å². The van der Waals surface area contributed by atoms with E-state index in [4.69, 9.17) is 18.9 Å². The number of hydrogen-bond acceptors (Lipinski definition) is 8. The van der Waals surface area contributed by atoms with Crippen LogP contribution in [-0.2, 0) is 14.3 Å². The third-order valence-electron chi connectivity index (χ3n) is 5.73. The summed E-state index contributed by atoms with van der Waals surface area (Å²) in [5, 5.41) is 10.4. The second-order valence-electron chi connectivity index (χ2n) is 8.91. The highest BCUT2D eigenvalue weighted by molar-refractivity contribution is 7.99. The van der Waals surface area contributed by atoms with Gasteiger partial charge in [0.05, 0.1) is 19.3 Å². The number of aryl methyl sites for hydroxylation is 1. The summed E-state index contributed by atoms with van der Waals surface area (Å²) >= 11 is 1.60. The number of aliphatic hydroxyl groups excluding tert-OH is 1. The molecule has 0 aliphatic heterocycles. The van der Waals surface area contributed by atoms with Crippen LogP contribution < -0.4 is 9.47 Å². The first-order chi connectivity index (χ1) is 18.3. The van der Waals surface area contributed by atoms with Crippen LogP contribution in [0.2, 0.25) is 0 Å². The Balaban J connectivity index is 1.46. The highest BCUT2D eigenvalue weighted by Gasteiger charge is 2.22. The van der Waals surface area contributed by atoms with E-state index < -0.39 is 12.3 Å². The largest absolute Gasteiger partial charge is 0.496 e. The fourth-order valence-corrected chi connectivity index (χ4v) is 4.52. The number of allylic oxidation sites excluding steroid dienone is 2. The molecular weight excluding hydrogens is 504 g/mol. The van der Waals surface area contributed by atoms with E-state index in [1.165, 1.54) is 0 Å².